The van der Waals surface area contributed by atoms with Gasteiger partial charge in [-0.1, -0.05) is 51.5 Å². The molecule has 30 heavy (non-hydrogen) atoms. The van der Waals surface area contributed by atoms with Crippen molar-refractivity contribution >= 4 is 34.8 Å². The van der Waals surface area contributed by atoms with Crippen molar-refractivity contribution in [2.24, 2.45) is 5.92 Å². The topological polar surface area (TPSA) is 79.5 Å². The summed E-state index contributed by atoms with van der Waals surface area (Å²) >= 11 is 5.30. The zero-order chi connectivity index (χ0) is 21.9. The molecule has 0 atom stereocenters. The molecule has 0 saturated heterocycles. The van der Waals surface area contributed by atoms with E-state index in [1.807, 2.05) is 19.9 Å². The van der Waals surface area contributed by atoms with Crippen LogP contribution in [0.4, 0.5) is 5.69 Å². The zero-order valence-corrected chi connectivity index (χ0v) is 18.5. The molecule has 0 aliphatic carbocycles. The Balaban J connectivity index is 2.05. The van der Waals surface area contributed by atoms with E-state index < -0.39 is 0 Å². The van der Waals surface area contributed by atoms with E-state index in [-0.39, 0.29) is 16.9 Å². The van der Waals surface area contributed by atoms with Crippen molar-refractivity contribution in [3.05, 3.63) is 59.7 Å². The molecule has 0 aliphatic rings. The number of hydrogen-bond acceptors (Lipinski definition) is 4. The lowest BCUT2D eigenvalue weighted by molar-refractivity contribution is 0.0951. The lowest BCUT2D eigenvalue weighted by Gasteiger charge is -2.15. The molecule has 0 unspecified atom stereocenters. The summed E-state index contributed by atoms with van der Waals surface area (Å²) in [6.45, 7) is 7.26. The van der Waals surface area contributed by atoms with Crippen LogP contribution < -0.4 is 20.7 Å². The van der Waals surface area contributed by atoms with Crippen molar-refractivity contribution < 1.29 is 14.3 Å². The van der Waals surface area contributed by atoms with Gasteiger partial charge in [0.15, 0.2) is 5.11 Å². The van der Waals surface area contributed by atoms with Crippen LogP contribution in [0.2, 0.25) is 0 Å². The summed E-state index contributed by atoms with van der Waals surface area (Å²) in [7, 11) is 0. The van der Waals surface area contributed by atoms with E-state index in [1.165, 1.54) is 0 Å². The minimum Gasteiger partial charge on any atom is -0.492 e. The lowest BCUT2D eigenvalue weighted by Crippen LogP contribution is -2.35. The predicted octanol–water partition coefficient (Wildman–Crippen LogP) is 4.38. The van der Waals surface area contributed by atoms with Crippen LogP contribution in [0, 0.1) is 5.92 Å². The molecule has 2 rings (SSSR count). The van der Waals surface area contributed by atoms with Crippen molar-refractivity contribution in [3.8, 4) is 5.75 Å². The number of benzene rings is 2. The Bertz CT molecular complexity index is 884. The first-order valence-corrected chi connectivity index (χ1v) is 10.5. The monoisotopic (exact) mass is 427 g/mol. The molecule has 0 aromatic heterocycles. The number of carbonyl (C=O) groups is 2. The SMILES string of the molecule is CCCCNC(=O)c1ccccc1NC(=S)NC(=O)c1ccccc1OCC(C)C. The highest BCUT2D eigenvalue weighted by Crippen LogP contribution is 2.19. The maximum Gasteiger partial charge on any atom is 0.261 e. The molecule has 2 aromatic rings. The molecule has 0 spiro atoms. The summed E-state index contributed by atoms with van der Waals surface area (Å²) in [6, 6.07) is 14.1. The van der Waals surface area contributed by atoms with E-state index in [0.717, 1.165) is 12.8 Å². The quantitative estimate of drug-likeness (QED) is 0.409. The van der Waals surface area contributed by atoms with Gasteiger partial charge in [-0.25, -0.2) is 0 Å². The van der Waals surface area contributed by atoms with Gasteiger partial charge in [0.2, 0.25) is 0 Å². The molecule has 0 radical (unpaired) electrons. The van der Waals surface area contributed by atoms with Crippen LogP contribution in [0.1, 0.15) is 54.3 Å². The van der Waals surface area contributed by atoms with E-state index in [2.05, 4.69) is 22.9 Å². The van der Waals surface area contributed by atoms with Gasteiger partial charge < -0.3 is 15.4 Å². The van der Waals surface area contributed by atoms with Crippen molar-refractivity contribution in [2.45, 2.75) is 33.6 Å². The number of thiocarbonyl (C=S) groups is 1. The molecular weight excluding hydrogens is 398 g/mol. The average Bonchev–Trinajstić information content (AvgIpc) is 2.72. The second-order valence-corrected chi connectivity index (χ2v) is 7.67. The van der Waals surface area contributed by atoms with Gasteiger partial charge >= 0.3 is 0 Å². The Hall–Kier alpha value is -2.93. The number of ether oxygens (including phenoxy) is 1. The average molecular weight is 428 g/mol. The fourth-order valence-corrected chi connectivity index (χ4v) is 2.83. The van der Waals surface area contributed by atoms with Gasteiger partial charge in [0, 0.05) is 6.54 Å². The van der Waals surface area contributed by atoms with Gasteiger partial charge in [0.1, 0.15) is 5.75 Å². The van der Waals surface area contributed by atoms with Crippen LogP contribution in [0.3, 0.4) is 0 Å². The fourth-order valence-electron chi connectivity index (χ4n) is 2.62. The first kappa shape index (κ1) is 23.3. The van der Waals surface area contributed by atoms with Crippen molar-refractivity contribution in [2.75, 3.05) is 18.5 Å². The molecule has 6 nitrogen and oxygen atoms in total. The number of para-hydroxylation sites is 2. The first-order chi connectivity index (χ1) is 14.4. The molecule has 0 bridgehead atoms. The molecule has 2 amide bonds. The number of anilines is 1. The predicted molar refractivity (Wildman–Crippen MR) is 124 cm³/mol. The maximum absolute atomic E-state index is 12.7. The molecular formula is C23H29N3O3S. The van der Waals surface area contributed by atoms with Gasteiger partial charge in [0.05, 0.1) is 23.4 Å². The zero-order valence-electron chi connectivity index (χ0n) is 17.7. The van der Waals surface area contributed by atoms with Crippen molar-refractivity contribution in [1.29, 1.82) is 0 Å². The van der Waals surface area contributed by atoms with Crippen LogP contribution in [-0.2, 0) is 0 Å². The van der Waals surface area contributed by atoms with E-state index in [0.29, 0.717) is 41.6 Å². The second-order valence-electron chi connectivity index (χ2n) is 7.26. The van der Waals surface area contributed by atoms with E-state index in [4.69, 9.17) is 17.0 Å². The summed E-state index contributed by atoms with van der Waals surface area (Å²) in [4.78, 5) is 25.1. The van der Waals surface area contributed by atoms with Crippen LogP contribution in [0.15, 0.2) is 48.5 Å². The third kappa shape index (κ3) is 7.15. The molecule has 2 aromatic carbocycles. The second kappa shape index (κ2) is 11.9. The number of carbonyl (C=O) groups excluding carboxylic acids is 2. The number of hydrogen-bond donors (Lipinski definition) is 3. The molecule has 7 heteroatoms. The normalized spacial score (nSPS) is 10.4. The van der Waals surface area contributed by atoms with Crippen molar-refractivity contribution in [3.63, 3.8) is 0 Å². The highest BCUT2D eigenvalue weighted by molar-refractivity contribution is 7.80. The minimum atomic E-state index is -0.378. The van der Waals surface area contributed by atoms with Crippen LogP contribution in [-0.4, -0.2) is 30.1 Å². The maximum atomic E-state index is 12.7. The number of nitrogens with one attached hydrogen (secondary N) is 3. The van der Waals surface area contributed by atoms with Gasteiger partial charge in [-0.3, -0.25) is 14.9 Å². The molecule has 0 heterocycles. The number of rotatable bonds is 9. The number of unbranched alkanes of at least 4 members (excludes halogenated alkanes) is 1. The standard InChI is InChI=1S/C23H29N3O3S/c1-4-5-14-24-21(27)17-10-6-8-12-19(17)25-23(30)26-22(28)18-11-7-9-13-20(18)29-15-16(2)3/h6-13,16H,4-5,14-15H2,1-3H3,(H,24,27)(H2,25,26,28,30). The Labute approximate surface area is 183 Å². The van der Waals surface area contributed by atoms with Gasteiger partial charge in [-0.2, -0.15) is 0 Å². The van der Waals surface area contributed by atoms with E-state index >= 15 is 0 Å². The van der Waals surface area contributed by atoms with Gasteiger partial charge in [-0.05, 0) is 48.8 Å². The number of amides is 2. The minimum absolute atomic E-state index is 0.104. The Morgan fingerprint density at radius 3 is 2.37 bits per heavy atom. The van der Waals surface area contributed by atoms with Crippen LogP contribution >= 0.6 is 12.2 Å². The smallest absolute Gasteiger partial charge is 0.261 e. The van der Waals surface area contributed by atoms with E-state index in [9.17, 15) is 9.59 Å². The fraction of sp³-hybridized carbons (Fsp3) is 0.348. The highest BCUT2D eigenvalue weighted by Gasteiger charge is 2.16. The molecule has 0 fully saturated rings. The molecule has 0 saturated carbocycles. The van der Waals surface area contributed by atoms with Crippen molar-refractivity contribution in [1.82, 2.24) is 10.6 Å². The summed E-state index contributed by atoms with van der Waals surface area (Å²) in [5, 5.41) is 8.60. The summed E-state index contributed by atoms with van der Waals surface area (Å²) in [6.07, 6.45) is 1.91. The third-order valence-electron chi connectivity index (χ3n) is 4.17. The van der Waals surface area contributed by atoms with Crippen LogP contribution in [0.5, 0.6) is 5.75 Å². The Morgan fingerprint density at radius 1 is 1.00 bits per heavy atom. The highest BCUT2D eigenvalue weighted by atomic mass is 32.1. The van der Waals surface area contributed by atoms with Gasteiger partial charge in [0.25, 0.3) is 11.8 Å². The molecule has 0 aliphatic heterocycles. The Morgan fingerprint density at radius 2 is 1.67 bits per heavy atom. The summed E-state index contributed by atoms with van der Waals surface area (Å²) in [5.74, 6) is 0.274. The van der Waals surface area contributed by atoms with Crippen LogP contribution in [0.25, 0.3) is 0 Å². The van der Waals surface area contributed by atoms with E-state index in [1.54, 1.807) is 42.5 Å². The first-order valence-electron chi connectivity index (χ1n) is 10.1. The summed E-state index contributed by atoms with van der Waals surface area (Å²) in [5.41, 5.74) is 1.39. The molecule has 160 valence electrons. The largest absolute Gasteiger partial charge is 0.492 e. The third-order valence-corrected chi connectivity index (χ3v) is 4.37. The Kier molecular flexibility index (Phi) is 9.28. The lowest BCUT2D eigenvalue weighted by atomic mass is 10.1. The molecule has 3 N–H and O–H groups in total. The summed E-state index contributed by atoms with van der Waals surface area (Å²) < 4.78 is 5.74. The van der Waals surface area contributed by atoms with Gasteiger partial charge in [-0.15, -0.1) is 0 Å².